The van der Waals surface area contributed by atoms with Gasteiger partial charge in [0.05, 0.1) is 19.8 Å². The van der Waals surface area contributed by atoms with Crippen molar-refractivity contribution in [3.05, 3.63) is 12.2 Å². The first-order chi connectivity index (χ1) is 14.8. The molecule has 2 aliphatic rings. The molecule has 0 radical (unpaired) electrons. The Kier molecular flexibility index (Phi) is 12.5. The maximum atomic E-state index is 5.62. The van der Waals surface area contributed by atoms with E-state index >= 15 is 0 Å². The summed E-state index contributed by atoms with van der Waals surface area (Å²) >= 11 is 1.85. The predicted molar refractivity (Wildman–Crippen MR) is 140 cm³/mol. The molecule has 1 aliphatic carbocycles. The Morgan fingerprint density at radius 3 is 2.65 bits per heavy atom. The third-order valence-corrected chi connectivity index (χ3v) is 6.87. The lowest BCUT2D eigenvalue weighted by molar-refractivity contribution is -0.0333. The van der Waals surface area contributed by atoms with Gasteiger partial charge in [-0.15, -0.1) is 34.2 Å². The van der Waals surface area contributed by atoms with Gasteiger partial charge in [-0.2, -0.15) is 11.8 Å². The predicted octanol–water partition coefficient (Wildman–Crippen LogP) is 2.39. The van der Waals surface area contributed by atoms with Gasteiger partial charge in [0.1, 0.15) is 12.2 Å². The van der Waals surface area contributed by atoms with Crippen molar-refractivity contribution in [2.75, 3.05) is 57.9 Å². The SMILES string of the molecule is CCc1nncn1CCNC(=NCC1(N2CCOCC2)CCCCC1)NCCSC.I. The molecule has 1 saturated carbocycles. The fourth-order valence-electron chi connectivity index (χ4n) is 4.53. The Hall–Kier alpha value is -0.590. The van der Waals surface area contributed by atoms with Crippen LogP contribution in [0.15, 0.2) is 11.3 Å². The average molecular weight is 566 g/mol. The first-order valence-corrected chi connectivity index (χ1v) is 12.9. The van der Waals surface area contributed by atoms with Crippen molar-refractivity contribution >= 4 is 41.7 Å². The zero-order valence-electron chi connectivity index (χ0n) is 19.1. The standard InChI is InChI=1S/C21H39N7OS.HI/c1-3-19-26-25-18-27(19)11-9-22-20(23-10-16-30-2)24-17-21(7-5-4-6-8-21)28-12-14-29-15-13-28;/h18H,3-17H2,1-2H3,(H2,22,23,24);1H. The van der Waals surface area contributed by atoms with Crippen LogP contribution in [0.1, 0.15) is 44.9 Å². The number of aryl methyl sites for hydroxylation is 1. The highest BCUT2D eigenvalue weighted by Gasteiger charge is 2.38. The molecular weight excluding hydrogens is 525 g/mol. The van der Waals surface area contributed by atoms with E-state index in [1.165, 1.54) is 32.1 Å². The number of nitrogens with zero attached hydrogens (tertiary/aromatic N) is 5. The minimum absolute atomic E-state index is 0. The number of aromatic nitrogens is 3. The Morgan fingerprint density at radius 2 is 1.94 bits per heavy atom. The van der Waals surface area contributed by atoms with Crippen LogP contribution in [0, 0.1) is 0 Å². The summed E-state index contributed by atoms with van der Waals surface area (Å²) in [4.78, 5) is 7.75. The first kappa shape index (κ1) is 26.7. The summed E-state index contributed by atoms with van der Waals surface area (Å²) in [5.74, 6) is 3.02. The molecule has 10 heteroatoms. The summed E-state index contributed by atoms with van der Waals surface area (Å²) in [5, 5.41) is 15.3. The highest BCUT2D eigenvalue weighted by atomic mass is 127. The molecule has 1 aromatic rings. The topological polar surface area (TPSA) is 79.6 Å². The lowest BCUT2D eigenvalue weighted by atomic mass is 9.80. The second-order valence-electron chi connectivity index (χ2n) is 8.19. The second-order valence-corrected chi connectivity index (χ2v) is 9.18. The first-order valence-electron chi connectivity index (χ1n) is 11.5. The number of halogens is 1. The molecule has 1 aromatic heterocycles. The van der Waals surface area contributed by atoms with E-state index in [0.29, 0.717) is 0 Å². The molecule has 178 valence electrons. The maximum Gasteiger partial charge on any atom is 0.191 e. The molecule has 31 heavy (non-hydrogen) atoms. The fraction of sp³-hybridized carbons (Fsp3) is 0.857. The lowest BCUT2D eigenvalue weighted by Gasteiger charge is -2.47. The highest BCUT2D eigenvalue weighted by molar-refractivity contribution is 14.0. The number of hydrogen-bond donors (Lipinski definition) is 2. The van der Waals surface area contributed by atoms with Crippen LogP contribution in [0.5, 0.6) is 0 Å². The minimum atomic E-state index is 0. The molecule has 2 N–H and O–H groups in total. The van der Waals surface area contributed by atoms with Gasteiger partial charge in [-0.1, -0.05) is 26.2 Å². The molecule has 2 heterocycles. The van der Waals surface area contributed by atoms with Crippen molar-refractivity contribution in [2.45, 2.75) is 57.5 Å². The third-order valence-electron chi connectivity index (χ3n) is 6.25. The molecular formula is C21H40IN7OS. The van der Waals surface area contributed by atoms with Crippen LogP contribution in [0.4, 0.5) is 0 Å². The minimum Gasteiger partial charge on any atom is -0.379 e. The average Bonchev–Trinajstić information content (AvgIpc) is 3.26. The smallest absolute Gasteiger partial charge is 0.191 e. The van der Waals surface area contributed by atoms with E-state index in [1.807, 2.05) is 18.1 Å². The summed E-state index contributed by atoms with van der Waals surface area (Å²) in [6, 6.07) is 0. The largest absolute Gasteiger partial charge is 0.379 e. The van der Waals surface area contributed by atoms with Crippen molar-refractivity contribution in [1.82, 2.24) is 30.3 Å². The van der Waals surface area contributed by atoms with Gasteiger partial charge in [-0.3, -0.25) is 9.89 Å². The normalized spacial score (nSPS) is 19.6. The van der Waals surface area contributed by atoms with Crippen LogP contribution in [0.25, 0.3) is 0 Å². The van der Waals surface area contributed by atoms with Gasteiger partial charge in [-0.25, -0.2) is 0 Å². The zero-order valence-corrected chi connectivity index (χ0v) is 22.3. The van der Waals surface area contributed by atoms with E-state index in [-0.39, 0.29) is 29.5 Å². The van der Waals surface area contributed by atoms with Crippen molar-refractivity contribution in [3.8, 4) is 0 Å². The van der Waals surface area contributed by atoms with Crippen molar-refractivity contribution in [2.24, 2.45) is 4.99 Å². The molecule has 0 atom stereocenters. The summed E-state index contributed by atoms with van der Waals surface area (Å²) in [6.45, 7) is 9.30. The highest BCUT2D eigenvalue weighted by Crippen LogP contribution is 2.34. The molecule has 0 spiro atoms. The van der Waals surface area contributed by atoms with E-state index in [1.54, 1.807) is 0 Å². The molecule has 1 aliphatic heterocycles. The molecule has 1 saturated heterocycles. The van der Waals surface area contributed by atoms with E-state index in [4.69, 9.17) is 9.73 Å². The molecule has 3 rings (SSSR count). The molecule has 0 bridgehead atoms. The Morgan fingerprint density at radius 1 is 1.19 bits per heavy atom. The molecule has 0 aromatic carbocycles. The van der Waals surface area contributed by atoms with E-state index in [9.17, 15) is 0 Å². The number of aliphatic imine (C=N–C) groups is 1. The van der Waals surface area contributed by atoms with E-state index in [2.05, 4.69) is 43.5 Å². The van der Waals surface area contributed by atoms with Gasteiger partial charge in [-0.05, 0) is 19.1 Å². The van der Waals surface area contributed by atoms with Crippen LogP contribution in [0.3, 0.4) is 0 Å². The van der Waals surface area contributed by atoms with Crippen LogP contribution in [-0.2, 0) is 17.7 Å². The van der Waals surface area contributed by atoms with Crippen LogP contribution >= 0.6 is 35.7 Å². The zero-order chi connectivity index (χ0) is 21.1. The van der Waals surface area contributed by atoms with Gasteiger partial charge in [0.25, 0.3) is 0 Å². The maximum absolute atomic E-state index is 5.62. The number of morpholine rings is 1. The van der Waals surface area contributed by atoms with Crippen molar-refractivity contribution in [3.63, 3.8) is 0 Å². The van der Waals surface area contributed by atoms with Crippen molar-refractivity contribution in [1.29, 1.82) is 0 Å². The molecule has 0 unspecified atom stereocenters. The molecule has 0 amide bonds. The third kappa shape index (κ3) is 8.04. The number of nitrogens with one attached hydrogen (secondary N) is 2. The quantitative estimate of drug-likeness (QED) is 0.195. The Balaban J connectivity index is 0.00000341. The van der Waals surface area contributed by atoms with Crippen molar-refractivity contribution < 1.29 is 4.74 Å². The lowest BCUT2D eigenvalue weighted by Crippen LogP contribution is -2.56. The molecule has 8 nitrogen and oxygen atoms in total. The van der Waals surface area contributed by atoms with Crippen LogP contribution in [0.2, 0.25) is 0 Å². The number of guanidine groups is 1. The molecule has 2 fully saturated rings. The Labute approximate surface area is 208 Å². The monoisotopic (exact) mass is 565 g/mol. The number of thioether (sulfide) groups is 1. The van der Waals surface area contributed by atoms with Gasteiger partial charge in [0.2, 0.25) is 0 Å². The van der Waals surface area contributed by atoms with Crippen LogP contribution < -0.4 is 10.6 Å². The fourth-order valence-corrected chi connectivity index (χ4v) is 4.83. The van der Waals surface area contributed by atoms with E-state index in [0.717, 1.165) is 76.4 Å². The van der Waals surface area contributed by atoms with Gasteiger partial charge < -0.3 is 19.9 Å². The second kappa shape index (κ2) is 14.5. The van der Waals surface area contributed by atoms with E-state index < -0.39 is 0 Å². The van der Waals surface area contributed by atoms with Gasteiger partial charge in [0, 0.05) is 50.4 Å². The summed E-state index contributed by atoms with van der Waals surface area (Å²) < 4.78 is 7.73. The number of hydrogen-bond acceptors (Lipinski definition) is 6. The number of ether oxygens (including phenoxy) is 1. The summed E-state index contributed by atoms with van der Waals surface area (Å²) in [7, 11) is 0. The van der Waals surface area contributed by atoms with Crippen LogP contribution in [-0.4, -0.2) is 89.1 Å². The van der Waals surface area contributed by atoms with Gasteiger partial charge >= 0.3 is 0 Å². The Bertz CT molecular complexity index is 645. The summed E-state index contributed by atoms with van der Waals surface area (Å²) in [5.41, 5.74) is 0.194. The summed E-state index contributed by atoms with van der Waals surface area (Å²) in [6.07, 6.45) is 11.3. The number of rotatable bonds is 10. The van der Waals surface area contributed by atoms with Gasteiger partial charge in [0.15, 0.2) is 5.96 Å².